The van der Waals surface area contributed by atoms with Crippen LogP contribution in [0.5, 0.6) is 11.5 Å². The number of nitrogens with one attached hydrogen (secondary N) is 2. The molecule has 0 bridgehead atoms. The van der Waals surface area contributed by atoms with Gasteiger partial charge in [-0.2, -0.15) is 0 Å². The van der Waals surface area contributed by atoms with Gasteiger partial charge in [0, 0.05) is 5.69 Å². The van der Waals surface area contributed by atoms with Crippen LogP contribution in [0.2, 0.25) is 15.1 Å². The third kappa shape index (κ3) is 6.62. The normalized spacial score (nSPS) is 16.2. The summed E-state index contributed by atoms with van der Waals surface area (Å²) < 4.78 is 11.8. The molecule has 3 aromatic rings. The van der Waals surface area contributed by atoms with Crippen LogP contribution in [0.3, 0.4) is 0 Å². The number of hydrogen-bond donors (Lipinski definition) is 2. The van der Waals surface area contributed by atoms with Gasteiger partial charge >= 0.3 is 0 Å². The molecular formula is C27H25Cl3N2O3S. The van der Waals surface area contributed by atoms with Crippen LogP contribution in [0, 0.1) is 0 Å². The zero-order chi connectivity index (χ0) is 25.7. The zero-order valence-corrected chi connectivity index (χ0v) is 22.8. The summed E-state index contributed by atoms with van der Waals surface area (Å²) in [5.74, 6) is 0.757. The van der Waals surface area contributed by atoms with Gasteiger partial charge in [0.15, 0.2) is 17.0 Å². The molecule has 0 radical (unpaired) electrons. The lowest BCUT2D eigenvalue weighted by molar-refractivity contribution is -0.116. The second-order valence-corrected chi connectivity index (χ2v) is 10.3. The van der Waals surface area contributed by atoms with Crippen molar-refractivity contribution in [2.45, 2.75) is 32.4 Å². The third-order valence-corrected chi connectivity index (χ3v) is 7.44. The molecule has 1 aliphatic heterocycles. The monoisotopic (exact) mass is 562 g/mol. The maximum Gasteiger partial charge on any atom is 0.260 e. The molecule has 0 aromatic heterocycles. The molecule has 4 rings (SSSR count). The fraction of sp³-hybridized carbons (Fsp3) is 0.222. The van der Waals surface area contributed by atoms with Gasteiger partial charge in [-0.1, -0.05) is 71.7 Å². The maximum atomic E-state index is 12.6. The molecule has 36 heavy (non-hydrogen) atoms. The average molecular weight is 564 g/mol. The first-order valence-corrected chi connectivity index (χ1v) is 13.5. The minimum absolute atomic E-state index is 0.156. The first kappa shape index (κ1) is 26.6. The molecule has 0 saturated carbocycles. The van der Waals surface area contributed by atoms with E-state index < -0.39 is 0 Å². The van der Waals surface area contributed by atoms with Gasteiger partial charge in [0.2, 0.25) is 0 Å². The van der Waals surface area contributed by atoms with E-state index in [9.17, 15) is 4.79 Å². The van der Waals surface area contributed by atoms with Crippen molar-refractivity contribution < 1.29 is 14.3 Å². The number of rotatable bonds is 9. The van der Waals surface area contributed by atoms with E-state index in [0.29, 0.717) is 38.1 Å². The molecule has 1 atom stereocenters. The number of ether oxygens (including phenoxy) is 2. The summed E-state index contributed by atoms with van der Waals surface area (Å²) in [5, 5.41) is 7.59. The minimum atomic E-state index is -0.271. The number of halogens is 3. The van der Waals surface area contributed by atoms with Gasteiger partial charge in [0.25, 0.3) is 5.91 Å². The molecule has 3 aromatic carbocycles. The van der Waals surface area contributed by atoms with Crippen LogP contribution in [-0.2, 0) is 17.8 Å². The molecule has 1 amide bonds. The predicted molar refractivity (Wildman–Crippen MR) is 150 cm³/mol. The first-order chi connectivity index (χ1) is 17.4. The van der Waals surface area contributed by atoms with Crippen molar-refractivity contribution in [2.24, 2.45) is 0 Å². The highest BCUT2D eigenvalue weighted by molar-refractivity contribution is 8.05. The van der Waals surface area contributed by atoms with E-state index in [1.807, 2.05) is 31.2 Å². The Morgan fingerprint density at radius 1 is 0.944 bits per heavy atom. The number of benzene rings is 3. The van der Waals surface area contributed by atoms with E-state index >= 15 is 0 Å². The number of thioether (sulfide) groups is 1. The van der Waals surface area contributed by atoms with Crippen molar-refractivity contribution >= 4 is 64.2 Å². The lowest BCUT2D eigenvalue weighted by atomic mass is 10.1. The molecule has 0 spiro atoms. The second-order valence-electron chi connectivity index (χ2n) is 7.97. The minimum Gasteiger partial charge on any atom is -0.490 e. The van der Waals surface area contributed by atoms with Gasteiger partial charge in [0.05, 0.1) is 26.6 Å². The van der Waals surface area contributed by atoms with Crippen molar-refractivity contribution in [3.05, 3.63) is 91.3 Å². The number of carbonyl (C=O) groups excluding carboxylic acids is 1. The van der Waals surface area contributed by atoms with E-state index in [0.717, 1.165) is 23.2 Å². The quantitative estimate of drug-likeness (QED) is 0.260. The molecule has 188 valence electrons. The molecule has 0 aliphatic carbocycles. The predicted octanol–water partition coefficient (Wildman–Crippen LogP) is 7.79. The van der Waals surface area contributed by atoms with E-state index in [1.54, 1.807) is 24.3 Å². The Morgan fingerprint density at radius 3 is 2.39 bits per heavy atom. The number of hydrogen-bond acceptors (Lipinski definition) is 5. The topological polar surface area (TPSA) is 59.6 Å². The van der Waals surface area contributed by atoms with Crippen molar-refractivity contribution in [3.63, 3.8) is 0 Å². The van der Waals surface area contributed by atoms with Gasteiger partial charge in [-0.3, -0.25) is 4.79 Å². The average Bonchev–Trinajstić information content (AvgIpc) is 3.19. The van der Waals surface area contributed by atoms with Crippen LogP contribution < -0.4 is 20.1 Å². The Labute approximate surface area is 230 Å². The highest BCUT2D eigenvalue weighted by atomic mass is 35.5. The lowest BCUT2D eigenvalue weighted by Crippen LogP contribution is -2.30. The van der Waals surface area contributed by atoms with Crippen LogP contribution in [0.25, 0.3) is 6.08 Å². The van der Waals surface area contributed by atoms with Crippen LogP contribution in [0.4, 0.5) is 5.69 Å². The van der Waals surface area contributed by atoms with Gasteiger partial charge in [0.1, 0.15) is 6.61 Å². The summed E-state index contributed by atoms with van der Waals surface area (Å²) in [5.41, 5.74) is 3.51. The van der Waals surface area contributed by atoms with Crippen LogP contribution in [0.15, 0.2) is 59.5 Å². The lowest BCUT2D eigenvalue weighted by Gasteiger charge is -2.15. The summed E-state index contributed by atoms with van der Waals surface area (Å²) in [6.07, 6.45) is 2.77. The van der Waals surface area contributed by atoms with Crippen molar-refractivity contribution in [2.75, 3.05) is 11.9 Å². The Kier molecular flexibility index (Phi) is 8.96. The summed E-state index contributed by atoms with van der Waals surface area (Å²) in [7, 11) is 0. The smallest absolute Gasteiger partial charge is 0.260 e. The van der Waals surface area contributed by atoms with Gasteiger partial charge in [-0.05, 0) is 72.5 Å². The molecule has 1 aliphatic rings. The van der Waals surface area contributed by atoms with Crippen LogP contribution >= 0.6 is 46.6 Å². The highest BCUT2D eigenvalue weighted by Gasteiger charge is 2.27. The molecular weight excluding hydrogens is 539 g/mol. The number of anilines is 1. The number of amides is 1. The Bertz CT molecular complexity index is 1280. The van der Waals surface area contributed by atoms with Gasteiger partial charge < -0.3 is 20.1 Å². The SMILES string of the molecule is CCOc1cc(/C=C2\S[C@@H](Nc3ccc(CC)cc3)NC2=O)cc(Cl)c1OCc1ccc(Cl)c(Cl)c1. The van der Waals surface area contributed by atoms with E-state index in [-0.39, 0.29) is 18.0 Å². The summed E-state index contributed by atoms with van der Waals surface area (Å²) in [6.45, 7) is 4.66. The van der Waals surface area contributed by atoms with Crippen molar-refractivity contribution in [1.29, 1.82) is 0 Å². The Balaban J connectivity index is 1.49. The standard InChI is InChI=1S/C27H25Cl3N2O3S/c1-3-16-5-8-19(9-6-16)31-27-32-26(33)24(36-27)14-18-12-22(30)25(23(13-18)34-4-2)35-15-17-7-10-20(28)21(29)11-17/h5-14,27,31H,3-4,15H2,1-2H3,(H,32,33)/b24-14-/t27-/m0/s1. The second kappa shape index (κ2) is 12.2. The molecule has 0 unspecified atom stereocenters. The van der Waals surface area contributed by atoms with E-state index in [4.69, 9.17) is 44.3 Å². The van der Waals surface area contributed by atoms with Gasteiger partial charge in [-0.25, -0.2) is 0 Å². The third-order valence-electron chi connectivity index (χ3n) is 5.39. The largest absolute Gasteiger partial charge is 0.490 e. The number of aryl methyl sites for hydroxylation is 1. The summed E-state index contributed by atoms with van der Waals surface area (Å²) in [6, 6.07) is 17.0. The molecule has 1 heterocycles. The molecule has 5 nitrogen and oxygen atoms in total. The fourth-order valence-electron chi connectivity index (χ4n) is 3.56. The Hall–Kier alpha value is -2.51. The molecule has 2 N–H and O–H groups in total. The molecule has 1 fully saturated rings. The van der Waals surface area contributed by atoms with Crippen molar-refractivity contribution in [1.82, 2.24) is 5.32 Å². The van der Waals surface area contributed by atoms with Crippen LogP contribution in [0.1, 0.15) is 30.5 Å². The van der Waals surface area contributed by atoms with E-state index in [2.05, 4.69) is 29.7 Å². The summed E-state index contributed by atoms with van der Waals surface area (Å²) in [4.78, 5) is 13.2. The first-order valence-electron chi connectivity index (χ1n) is 11.4. The fourth-order valence-corrected chi connectivity index (χ4v) is 5.14. The van der Waals surface area contributed by atoms with Crippen LogP contribution in [-0.4, -0.2) is 18.0 Å². The molecule has 1 saturated heterocycles. The summed E-state index contributed by atoms with van der Waals surface area (Å²) >= 11 is 20.1. The maximum absolute atomic E-state index is 12.6. The molecule has 9 heteroatoms. The van der Waals surface area contributed by atoms with Crippen molar-refractivity contribution in [3.8, 4) is 11.5 Å². The number of carbonyl (C=O) groups is 1. The Morgan fingerprint density at radius 2 is 1.69 bits per heavy atom. The van der Waals surface area contributed by atoms with Gasteiger partial charge in [-0.15, -0.1) is 0 Å². The zero-order valence-electron chi connectivity index (χ0n) is 19.7. The highest BCUT2D eigenvalue weighted by Crippen LogP contribution is 2.39. The van der Waals surface area contributed by atoms with E-state index in [1.165, 1.54) is 17.3 Å².